The molecule has 2 fully saturated rings. The number of aromatic hydroxyl groups is 1. The molecule has 0 unspecified atom stereocenters. The summed E-state index contributed by atoms with van der Waals surface area (Å²) in [5.41, 5.74) is -0.0370. The second-order valence-electron chi connectivity index (χ2n) is 8.85. The van der Waals surface area contributed by atoms with Crippen LogP contribution in [0.1, 0.15) is 32.1 Å². The fourth-order valence-corrected chi connectivity index (χ4v) is 4.53. The molecule has 0 bridgehead atoms. The van der Waals surface area contributed by atoms with Crippen LogP contribution in [0.4, 0.5) is 17.6 Å². The molecule has 1 aliphatic carbocycles. The number of phenols is 1. The van der Waals surface area contributed by atoms with Crippen LogP contribution in [-0.4, -0.2) is 42.4 Å². The van der Waals surface area contributed by atoms with Gasteiger partial charge in [-0.2, -0.15) is 13.2 Å². The van der Waals surface area contributed by atoms with Crippen molar-refractivity contribution in [1.82, 2.24) is 4.90 Å². The number of hydrogen-bond donors (Lipinski definition) is 1. The topological polar surface area (TPSA) is 32.7 Å². The Labute approximate surface area is 179 Å². The van der Waals surface area contributed by atoms with Gasteiger partial charge in [0.25, 0.3) is 0 Å². The normalized spacial score (nSPS) is 19.7. The number of alkyl halides is 3. The van der Waals surface area contributed by atoms with Gasteiger partial charge in [0.1, 0.15) is 5.75 Å². The molecule has 1 heterocycles. The van der Waals surface area contributed by atoms with Crippen LogP contribution in [0.3, 0.4) is 0 Å². The SMILES string of the molecule is Oc1ccc(-c2ccc(OCC3CCN(CC4(C(F)(F)F)CCC4)CC3)c(F)c2)cc1. The molecule has 3 nitrogen and oxygen atoms in total. The minimum absolute atomic E-state index is 0.0947. The van der Waals surface area contributed by atoms with E-state index in [0.717, 1.165) is 18.4 Å². The van der Waals surface area contributed by atoms with Crippen LogP contribution in [0.25, 0.3) is 11.1 Å². The number of nitrogens with zero attached hydrogens (tertiary/aromatic N) is 1. The number of benzene rings is 2. The molecule has 1 saturated carbocycles. The summed E-state index contributed by atoms with van der Waals surface area (Å²) >= 11 is 0. The highest BCUT2D eigenvalue weighted by atomic mass is 19.4. The molecule has 7 heteroatoms. The number of likely N-dealkylation sites (tertiary alicyclic amines) is 1. The maximum Gasteiger partial charge on any atom is 0.395 e. The van der Waals surface area contributed by atoms with Crippen LogP contribution in [0.2, 0.25) is 0 Å². The van der Waals surface area contributed by atoms with Crippen molar-refractivity contribution in [3.63, 3.8) is 0 Å². The lowest BCUT2D eigenvalue weighted by Crippen LogP contribution is -2.53. The molecule has 0 radical (unpaired) electrons. The summed E-state index contributed by atoms with van der Waals surface area (Å²) in [5, 5.41) is 9.37. The fraction of sp³-hybridized carbons (Fsp3) is 0.500. The van der Waals surface area contributed by atoms with Gasteiger partial charge in [0.2, 0.25) is 0 Å². The average Bonchev–Trinajstić information content (AvgIpc) is 2.70. The van der Waals surface area contributed by atoms with Gasteiger partial charge < -0.3 is 14.7 Å². The van der Waals surface area contributed by atoms with Crippen LogP contribution in [0.15, 0.2) is 42.5 Å². The Morgan fingerprint density at radius 2 is 1.65 bits per heavy atom. The van der Waals surface area contributed by atoms with E-state index in [-0.39, 0.29) is 36.8 Å². The summed E-state index contributed by atoms with van der Waals surface area (Å²) in [6.45, 7) is 1.69. The summed E-state index contributed by atoms with van der Waals surface area (Å²) < 4.78 is 60.4. The first-order chi connectivity index (χ1) is 14.8. The summed E-state index contributed by atoms with van der Waals surface area (Å²) in [4.78, 5) is 1.93. The van der Waals surface area contributed by atoms with E-state index in [1.807, 2.05) is 4.90 Å². The zero-order valence-electron chi connectivity index (χ0n) is 17.3. The van der Waals surface area contributed by atoms with Crippen LogP contribution >= 0.6 is 0 Å². The molecule has 2 aromatic carbocycles. The molecule has 0 amide bonds. The van der Waals surface area contributed by atoms with E-state index < -0.39 is 17.4 Å². The van der Waals surface area contributed by atoms with Crippen molar-refractivity contribution in [2.45, 2.75) is 38.3 Å². The highest BCUT2D eigenvalue weighted by Crippen LogP contribution is 2.53. The smallest absolute Gasteiger partial charge is 0.395 e. The molecule has 31 heavy (non-hydrogen) atoms. The molecule has 4 rings (SSSR count). The lowest BCUT2D eigenvalue weighted by atomic mass is 9.67. The second-order valence-corrected chi connectivity index (χ2v) is 8.85. The van der Waals surface area contributed by atoms with E-state index in [0.29, 0.717) is 31.7 Å². The molecule has 0 atom stereocenters. The molecule has 168 valence electrons. The van der Waals surface area contributed by atoms with E-state index in [1.54, 1.807) is 36.4 Å². The third-order valence-electron chi connectivity index (χ3n) is 6.75. The van der Waals surface area contributed by atoms with Gasteiger partial charge in [-0.1, -0.05) is 24.6 Å². The Kier molecular flexibility index (Phi) is 6.15. The van der Waals surface area contributed by atoms with Gasteiger partial charge in [-0.25, -0.2) is 4.39 Å². The lowest BCUT2D eigenvalue weighted by Gasteiger charge is -2.47. The minimum atomic E-state index is -4.13. The van der Waals surface area contributed by atoms with Gasteiger partial charge in [0.15, 0.2) is 11.6 Å². The van der Waals surface area contributed by atoms with E-state index in [2.05, 4.69) is 0 Å². The van der Waals surface area contributed by atoms with Gasteiger partial charge in [-0.3, -0.25) is 0 Å². The third kappa shape index (κ3) is 4.81. The second kappa shape index (κ2) is 8.69. The maximum absolute atomic E-state index is 14.5. The Balaban J connectivity index is 1.27. The number of ether oxygens (including phenoxy) is 1. The molecule has 2 aromatic rings. The largest absolute Gasteiger partial charge is 0.508 e. The van der Waals surface area contributed by atoms with Crippen molar-refractivity contribution in [2.24, 2.45) is 11.3 Å². The summed E-state index contributed by atoms with van der Waals surface area (Å²) in [6, 6.07) is 11.3. The zero-order valence-corrected chi connectivity index (χ0v) is 17.3. The van der Waals surface area contributed by atoms with Gasteiger partial charge >= 0.3 is 6.18 Å². The van der Waals surface area contributed by atoms with Gasteiger partial charge in [0.05, 0.1) is 12.0 Å². The van der Waals surface area contributed by atoms with Crippen LogP contribution in [-0.2, 0) is 0 Å². The van der Waals surface area contributed by atoms with Crippen molar-refractivity contribution in [3.8, 4) is 22.6 Å². The Morgan fingerprint density at radius 3 is 2.19 bits per heavy atom. The first-order valence-electron chi connectivity index (χ1n) is 10.8. The molecule has 2 aliphatic rings. The predicted molar refractivity (Wildman–Crippen MR) is 110 cm³/mol. The molecule has 1 aliphatic heterocycles. The molecule has 0 aromatic heterocycles. The molecule has 1 N–H and O–H groups in total. The number of rotatable bonds is 6. The van der Waals surface area contributed by atoms with Crippen molar-refractivity contribution in [2.75, 3.05) is 26.2 Å². The third-order valence-corrected chi connectivity index (χ3v) is 6.75. The summed E-state index contributed by atoms with van der Waals surface area (Å²) in [6.07, 6.45) is -1.50. The van der Waals surface area contributed by atoms with Crippen molar-refractivity contribution < 1.29 is 27.4 Å². The maximum atomic E-state index is 14.5. The Morgan fingerprint density at radius 1 is 1.00 bits per heavy atom. The van der Waals surface area contributed by atoms with E-state index in [4.69, 9.17) is 4.74 Å². The highest BCUT2D eigenvalue weighted by molar-refractivity contribution is 5.65. The summed E-state index contributed by atoms with van der Waals surface area (Å²) in [7, 11) is 0. The van der Waals surface area contributed by atoms with Gasteiger partial charge in [-0.05, 0) is 80.1 Å². The van der Waals surface area contributed by atoms with E-state index in [1.165, 1.54) is 6.07 Å². The van der Waals surface area contributed by atoms with Crippen molar-refractivity contribution in [3.05, 3.63) is 48.3 Å². The molecular weight excluding hydrogens is 410 g/mol. The Hall–Kier alpha value is -2.28. The first-order valence-corrected chi connectivity index (χ1v) is 10.8. The van der Waals surface area contributed by atoms with Crippen LogP contribution in [0.5, 0.6) is 11.5 Å². The molecular formula is C24H27F4NO2. The average molecular weight is 437 g/mol. The number of halogens is 4. The summed E-state index contributed by atoms with van der Waals surface area (Å²) in [5.74, 6) is 0.0719. The minimum Gasteiger partial charge on any atom is -0.508 e. The Bertz CT molecular complexity index is 885. The first kappa shape index (κ1) is 21.9. The quantitative estimate of drug-likeness (QED) is 0.561. The van der Waals surface area contributed by atoms with E-state index in [9.17, 15) is 22.7 Å². The molecule has 0 spiro atoms. The van der Waals surface area contributed by atoms with Crippen LogP contribution in [0, 0.1) is 17.2 Å². The number of phenolic OH excluding ortho intramolecular Hbond substituents is 1. The number of piperidine rings is 1. The monoisotopic (exact) mass is 437 g/mol. The zero-order chi connectivity index (χ0) is 22.1. The fourth-order valence-electron chi connectivity index (χ4n) is 4.53. The molecule has 1 saturated heterocycles. The number of hydrogen-bond acceptors (Lipinski definition) is 3. The van der Waals surface area contributed by atoms with Crippen molar-refractivity contribution in [1.29, 1.82) is 0 Å². The van der Waals surface area contributed by atoms with Crippen molar-refractivity contribution >= 4 is 0 Å². The van der Waals surface area contributed by atoms with Crippen LogP contribution < -0.4 is 4.74 Å². The van der Waals surface area contributed by atoms with Gasteiger partial charge in [-0.15, -0.1) is 0 Å². The predicted octanol–water partition coefficient (Wildman–Crippen LogP) is 6.02. The standard InChI is InChI=1S/C24H27F4NO2/c25-21-14-19(18-2-5-20(30)6-3-18)4-7-22(21)31-15-17-8-12-29(13-9-17)16-23(10-1-11-23)24(26,27)28/h2-7,14,17,30H,1,8-13,15-16H2. The lowest BCUT2D eigenvalue weighted by molar-refractivity contribution is -0.256. The van der Waals surface area contributed by atoms with Gasteiger partial charge in [0, 0.05) is 6.54 Å². The van der Waals surface area contributed by atoms with E-state index >= 15 is 0 Å². The highest BCUT2D eigenvalue weighted by Gasteiger charge is 2.58.